The number of hydrogen-bond acceptors (Lipinski definition) is 4. The molecule has 1 aromatic carbocycles. The van der Waals surface area contributed by atoms with Crippen molar-refractivity contribution in [1.29, 1.82) is 0 Å². The number of carbonyl (C=O) groups excluding carboxylic acids is 1. The molecular weight excluding hydrogens is 365 g/mol. The number of guanidine groups is 1. The second-order valence-electron chi connectivity index (χ2n) is 6.02. The number of rotatable bonds is 8. The third-order valence-corrected chi connectivity index (χ3v) is 4.61. The van der Waals surface area contributed by atoms with Crippen LogP contribution in [0.1, 0.15) is 33.5 Å². The van der Waals surface area contributed by atoms with Gasteiger partial charge in [-0.3, -0.25) is 9.79 Å². The Morgan fingerprint density at radius 1 is 1.22 bits per heavy atom. The van der Waals surface area contributed by atoms with Crippen LogP contribution < -0.4 is 16.0 Å². The van der Waals surface area contributed by atoms with E-state index in [0.717, 1.165) is 23.7 Å². The van der Waals surface area contributed by atoms with Crippen molar-refractivity contribution in [2.24, 2.45) is 4.99 Å². The van der Waals surface area contributed by atoms with Crippen molar-refractivity contribution >= 4 is 23.2 Å². The molecule has 27 heavy (non-hydrogen) atoms. The van der Waals surface area contributed by atoms with E-state index in [2.05, 4.69) is 31.3 Å². The van der Waals surface area contributed by atoms with Crippen LogP contribution in [-0.4, -0.2) is 43.0 Å². The molecule has 0 radical (unpaired) electrons. The summed E-state index contributed by atoms with van der Waals surface area (Å²) in [6, 6.07) is 4.47. The van der Waals surface area contributed by atoms with E-state index in [1.165, 1.54) is 6.07 Å². The van der Waals surface area contributed by atoms with Crippen molar-refractivity contribution in [2.75, 3.05) is 26.2 Å². The van der Waals surface area contributed by atoms with Gasteiger partial charge in [-0.25, -0.2) is 9.37 Å². The van der Waals surface area contributed by atoms with Gasteiger partial charge < -0.3 is 16.0 Å². The quantitative estimate of drug-likeness (QED) is 0.367. The van der Waals surface area contributed by atoms with Gasteiger partial charge in [-0.05, 0) is 38.5 Å². The van der Waals surface area contributed by atoms with Crippen LogP contribution in [-0.2, 0) is 6.42 Å². The Morgan fingerprint density at radius 3 is 2.67 bits per heavy atom. The molecule has 2 rings (SSSR count). The van der Waals surface area contributed by atoms with Gasteiger partial charge in [0.2, 0.25) is 0 Å². The Balaban J connectivity index is 1.75. The van der Waals surface area contributed by atoms with Gasteiger partial charge in [-0.2, -0.15) is 0 Å². The molecule has 0 aliphatic rings. The maximum atomic E-state index is 13.5. The molecule has 0 unspecified atom stereocenters. The molecule has 0 bridgehead atoms. The number of halogens is 1. The third kappa shape index (κ3) is 6.97. The summed E-state index contributed by atoms with van der Waals surface area (Å²) in [6.45, 7) is 7.95. The van der Waals surface area contributed by atoms with Crippen LogP contribution in [0.3, 0.4) is 0 Å². The Labute approximate surface area is 163 Å². The summed E-state index contributed by atoms with van der Waals surface area (Å²) < 4.78 is 13.5. The molecular formula is C19H26FN5OS. The van der Waals surface area contributed by atoms with Gasteiger partial charge in [0.15, 0.2) is 5.96 Å². The second kappa shape index (κ2) is 10.6. The van der Waals surface area contributed by atoms with E-state index in [1.54, 1.807) is 30.4 Å². The third-order valence-electron chi connectivity index (χ3n) is 3.79. The topological polar surface area (TPSA) is 78.4 Å². The highest BCUT2D eigenvalue weighted by atomic mass is 32.1. The van der Waals surface area contributed by atoms with E-state index >= 15 is 0 Å². The number of thiazole rings is 1. The number of carbonyl (C=O) groups is 1. The lowest BCUT2D eigenvalue weighted by atomic mass is 10.1. The summed E-state index contributed by atoms with van der Waals surface area (Å²) in [7, 11) is 0. The maximum Gasteiger partial charge on any atom is 0.251 e. The van der Waals surface area contributed by atoms with Crippen LogP contribution in [0.5, 0.6) is 0 Å². The number of amides is 1. The molecule has 0 aliphatic heterocycles. The smallest absolute Gasteiger partial charge is 0.251 e. The number of aliphatic imine (C=N–C) groups is 1. The highest BCUT2D eigenvalue weighted by molar-refractivity contribution is 7.09. The lowest BCUT2D eigenvalue weighted by Gasteiger charge is -2.12. The van der Waals surface area contributed by atoms with E-state index < -0.39 is 0 Å². The molecule has 1 heterocycles. The summed E-state index contributed by atoms with van der Waals surface area (Å²) in [5.41, 5.74) is 1.89. The van der Waals surface area contributed by atoms with Crippen LogP contribution in [0.4, 0.5) is 4.39 Å². The van der Waals surface area contributed by atoms with Gasteiger partial charge >= 0.3 is 0 Å². The molecule has 1 amide bonds. The van der Waals surface area contributed by atoms with Gasteiger partial charge in [-0.1, -0.05) is 6.07 Å². The molecule has 1 aromatic heterocycles. The van der Waals surface area contributed by atoms with Crippen molar-refractivity contribution in [3.8, 4) is 0 Å². The molecule has 0 aliphatic carbocycles. The zero-order valence-electron chi connectivity index (χ0n) is 15.9. The van der Waals surface area contributed by atoms with Gasteiger partial charge in [0.1, 0.15) is 5.82 Å². The first kappa shape index (κ1) is 20.8. The van der Waals surface area contributed by atoms with E-state index in [4.69, 9.17) is 0 Å². The minimum atomic E-state index is -0.377. The zero-order chi connectivity index (χ0) is 19.6. The predicted octanol–water partition coefficient (Wildman–Crippen LogP) is 2.43. The summed E-state index contributed by atoms with van der Waals surface area (Å²) in [5.74, 6) is 0.0225. The minimum absolute atomic E-state index is 0.295. The number of hydrogen-bond donors (Lipinski definition) is 3. The number of aryl methyl sites for hydroxylation is 2. The van der Waals surface area contributed by atoms with E-state index in [-0.39, 0.29) is 11.7 Å². The Morgan fingerprint density at radius 2 is 2.00 bits per heavy atom. The van der Waals surface area contributed by atoms with Crippen LogP contribution in [0, 0.1) is 19.7 Å². The van der Waals surface area contributed by atoms with Gasteiger partial charge in [-0.15, -0.1) is 11.3 Å². The van der Waals surface area contributed by atoms with Crippen LogP contribution in [0.2, 0.25) is 0 Å². The van der Waals surface area contributed by atoms with Crippen LogP contribution >= 0.6 is 11.3 Å². The molecule has 0 saturated heterocycles. The molecule has 0 saturated carbocycles. The van der Waals surface area contributed by atoms with Gasteiger partial charge in [0, 0.05) is 43.5 Å². The molecule has 146 valence electrons. The first-order valence-electron chi connectivity index (χ1n) is 8.97. The average molecular weight is 392 g/mol. The highest BCUT2D eigenvalue weighted by Crippen LogP contribution is 2.09. The Kier molecular flexibility index (Phi) is 8.19. The first-order valence-corrected chi connectivity index (χ1v) is 9.85. The second-order valence-corrected chi connectivity index (χ2v) is 7.08. The Hall–Kier alpha value is -2.48. The number of aromatic nitrogens is 1. The predicted molar refractivity (Wildman–Crippen MR) is 108 cm³/mol. The van der Waals surface area contributed by atoms with E-state index in [1.807, 2.05) is 13.8 Å². The number of nitrogens with one attached hydrogen (secondary N) is 3. The highest BCUT2D eigenvalue weighted by Gasteiger charge is 2.07. The standard InChI is InChI=1S/C19H26FN5OS/c1-4-21-19(23-8-7-16-12-27-14(3)25-16)24-10-9-22-18(26)15-6-5-13(2)17(20)11-15/h5-6,11-12H,4,7-10H2,1-3H3,(H,22,26)(H2,21,23,24). The Bertz CT molecular complexity index is 790. The van der Waals surface area contributed by atoms with Gasteiger partial charge in [0.05, 0.1) is 10.7 Å². The van der Waals surface area contributed by atoms with Gasteiger partial charge in [0.25, 0.3) is 5.91 Å². The maximum absolute atomic E-state index is 13.5. The molecule has 0 atom stereocenters. The van der Waals surface area contributed by atoms with Crippen LogP contribution in [0.25, 0.3) is 0 Å². The monoisotopic (exact) mass is 391 g/mol. The lowest BCUT2D eigenvalue weighted by Crippen LogP contribution is -2.41. The molecule has 3 N–H and O–H groups in total. The van der Waals surface area contributed by atoms with Crippen molar-refractivity contribution in [3.05, 3.63) is 51.2 Å². The molecule has 2 aromatic rings. The number of benzene rings is 1. The number of nitrogens with zero attached hydrogens (tertiary/aromatic N) is 2. The van der Waals surface area contributed by atoms with Crippen molar-refractivity contribution in [2.45, 2.75) is 27.2 Å². The van der Waals surface area contributed by atoms with Crippen molar-refractivity contribution in [3.63, 3.8) is 0 Å². The minimum Gasteiger partial charge on any atom is -0.357 e. The first-order chi connectivity index (χ1) is 13.0. The summed E-state index contributed by atoms with van der Waals surface area (Å²) in [6.07, 6.45) is 0.788. The summed E-state index contributed by atoms with van der Waals surface area (Å²) >= 11 is 1.64. The summed E-state index contributed by atoms with van der Waals surface area (Å²) in [4.78, 5) is 21.0. The molecule has 0 fully saturated rings. The van der Waals surface area contributed by atoms with Crippen molar-refractivity contribution < 1.29 is 9.18 Å². The SMILES string of the molecule is CCNC(=NCCc1csc(C)n1)NCCNC(=O)c1ccc(C)c(F)c1. The molecule has 8 heteroatoms. The van der Waals surface area contributed by atoms with E-state index in [9.17, 15) is 9.18 Å². The summed E-state index contributed by atoms with van der Waals surface area (Å²) in [5, 5.41) is 12.2. The van der Waals surface area contributed by atoms with Crippen molar-refractivity contribution in [1.82, 2.24) is 20.9 Å². The molecule has 6 nitrogen and oxygen atoms in total. The largest absolute Gasteiger partial charge is 0.357 e. The van der Waals surface area contributed by atoms with E-state index in [0.29, 0.717) is 36.7 Å². The fourth-order valence-electron chi connectivity index (χ4n) is 2.34. The zero-order valence-corrected chi connectivity index (χ0v) is 16.8. The average Bonchev–Trinajstić information content (AvgIpc) is 3.06. The normalized spacial score (nSPS) is 11.3. The fraction of sp³-hybridized carbons (Fsp3) is 0.421. The lowest BCUT2D eigenvalue weighted by molar-refractivity contribution is 0.0954. The molecule has 0 spiro atoms. The fourth-order valence-corrected chi connectivity index (χ4v) is 2.99. The van der Waals surface area contributed by atoms with Crippen LogP contribution in [0.15, 0.2) is 28.6 Å².